The van der Waals surface area contributed by atoms with Crippen LogP contribution in [0.3, 0.4) is 0 Å². The number of carbonyl (C=O) groups excluding carboxylic acids is 3. The molecule has 3 rings (SSSR count). The minimum absolute atomic E-state index is 0.120. The molecule has 1 saturated heterocycles. The molecule has 8 nitrogen and oxygen atoms in total. The number of barbiturate groups is 1. The largest absolute Gasteiger partial charge is 0.479 e. The number of amides is 4. The van der Waals surface area contributed by atoms with Gasteiger partial charge < -0.3 is 9.84 Å². The van der Waals surface area contributed by atoms with E-state index in [0.717, 1.165) is 4.90 Å². The molecule has 1 heterocycles. The number of urea groups is 1. The van der Waals surface area contributed by atoms with E-state index in [1.54, 1.807) is 12.1 Å². The quantitative estimate of drug-likeness (QED) is 0.534. The SMILES string of the molecule is C[C@H](Oc1ccccc1/C=C1\C(=O)NC(=O)N(c2ccc(Cl)c(Cl)c2)C1=O)C(=O)O. The lowest BCUT2D eigenvalue weighted by molar-refractivity contribution is -0.144. The summed E-state index contributed by atoms with van der Waals surface area (Å²) < 4.78 is 5.38. The van der Waals surface area contributed by atoms with E-state index in [1.165, 1.54) is 43.3 Å². The monoisotopic (exact) mass is 448 g/mol. The maximum Gasteiger partial charge on any atom is 0.344 e. The zero-order chi connectivity index (χ0) is 22.0. The molecular weight excluding hydrogens is 435 g/mol. The fraction of sp³-hybridized carbons (Fsp3) is 0.100. The number of carbonyl (C=O) groups is 4. The van der Waals surface area contributed by atoms with Crippen LogP contribution in [0.1, 0.15) is 12.5 Å². The number of rotatable bonds is 5. The highest BCUT2D eigenvalue weighted by Crippen LogP contribution is 2.30. The van der Waals surface area contributed by atoms with Crippen LogP contribution in [-0.4, -0.2) is 35.0 Å². The van der Waals surface area contributed by atoms with Crippen molar-refractivity contribution in [2.75, 3.05) is 4.90 Å². The number of hydrogen-bond donors (Lipinski definition) is 2. The Labute approximate surface area is 180 Å². The molecule has 2 aromatic carbocycles. The predicted octanol–water partition coefficient (Wildman–Crippen LogP) is 3.51. The summed E-state index contributed by atoms with van der Waals surface area (Å²) >= 11 is 11.8. The third-order valence-electron chi connectivity index (χ3n) is 4.13. The van der Waals surface area contributed by atoms with E-state index in [0.29, 0.717) is 0 Å². The van der Waals surface area contributed by atoms with Gasteiger partial charge in [0.05, 0.1) is 15.7 Å². The summed E-state index contributed by atoms with van der Waals surface area (Å²) in [5, 5.41) is 11.5. The van der Waals surface area contributed by atoms with Gasteiger partial charge in [-0.2, -0.15) is 0 Å². The molecule has 30 heavy (non-hydrogen) atoms. The van der Waals surface area contributed by atoms with Gasteiger partial charge in [-0.3, -0.25) is 14.9 Å². The Morgan fingerprint density at radius 2 is 1.83 bits per heavy atom. The standard InChI is InChI=1S/C20H14Cl2N2O6/c1-10(19(27)28)30-16-5-3-2-4-11(16)8-13-17(25)23-20(29)24(18(13)26)12-6-7-14(21)15(22)9-12/h2-10H,1H3,(H,27,28)(H,23,25,29)/b13-8+/t10-/m0/s1. The number of anilines is 1. The van der Waals surface area contributed by atoms with Crippen molar-refractivity contribution in [3.63, 3.8) is 0 Å². The molecule has 10 heteroatoms. The molecule has 1 aliphatic heterocycles. The van der Waals surface area contributed by atoms with E-state index in [4.69, 9.17) is 33.0 Å². The number of halogens is 2. The molecule has 4 amide bonds. The van der Waals surface area contributed by atoms with Crippen molar-refractivity contribution in [1.29, 1.82) is 0 Å². The van der Waals surface area contributed by atoms with Crippen molar-refractivity contribution >= 4 is 58.8 Å². The molecule has 0 saturated carbocycles. The first-order chi connectivity index (χ1) is 14.2. The van der Waals surface area contributed by atoms with E-state index >= 15 is 0 Å². The van der Waals surface area contributed by atoms with Gasteiger partial charge in [0.15, 0.2) is 6.10 Å². The number of carboxylic acid groups (broad SMARTS) is 1. The van der Waals surface area contributed by atoms with Gasteiger partial charge in [-0.05, 0) is 37.3 Å². The summed E-state index contributed by atoms with van der Waals surface area (Å²) in [7, 11) is 0. The van der Waals surface area contributed by atoms with E-state index < -0.39 is 29.9 Å². The van der Waals surface area contributed by atoms with Crippen molar-refractivity contribution in [1.82, 2.24) is 5.32 Å². The first-order valence-electron chi connectivity index (χ1n) is 8.54. The van der Waals surface area contributed by atoms with Crippen molar-refractivity contribution in [2.45, 2.75) is 13.0 Å². The molecule has 0 unspecified atom stereocenters. The van der Waals surface area contributed by atoms with Crippen LogP contribution in [0.15, 0.2) is 48.0 Å². The molecule has 1 aliphatic rings. The Morgan fingerprint density at radius 3 is 2.50 bits per heavy atom. The lowest BCUT2D eigenvalue weighted by Gasteiger charge is -2.26. The first-order valence-corrected chi connectivity index (χ1v) is 9.29. The minimum Gasteiger partial charge on any atom is -0.479 e. The molecule has 154 valence electrons. The molecule has 1 atom stereocenters. The Morgan fingerprint density at radius 1 is 1.13 bits per heavy atom. The van der Waals surface area contributed by atoms with E-state index in [-0.39, 0.29) is 32.6 Å². The predicted molar refractivity (Wildman–Crippen MR) is 110 cm³/mol. The van der Waals surface area contributed by atoms with Crippen LogP contribution in [0.2, 0.25) is 10.0 Å². The van der Waals surface area contributed by atoms with Gasteiger partial charge in [0.1, 0.15) is 11.3 Å². The molecule has 0 aromatic heterocycles. The van der Waals surface area contributed by atoms with Crippen LogP contribution in [-0.2, 0) is 14.4 Å². The highest BCUT2D eigenvalue weighted by atomic mass is 35.5. The number of aliphatic carboxylic acids is 1. The highest BCUT2D eigenvalue weighted by Gasteiger charge is 2.37. The molecule has 0 aliphatic carbocycles. The van der Waals surface area contributed by atoms with Crippen molar-refractivity contribution in [2.24, 2.45) is 0 Å². The van der Waals surface area contributed by atoms with Crippen molar-refractivity contribution in [3.05, 3.63) is 63.6 Å². The lowest BCUT2D eigenvalue weighted by Crippen LogP contribution is -2.54. The third kappa shape index (κ3) is 4.29. The molecule has 2 N–H and O–H groups in total. The van der Waals surface area contributed by atoms with Gasteiger partial charge in [0.25, 0.3) is 11.8 Å². The zero-order valence-electron chi connectivity index (χ0n) is 15.4. The van der Waals surface area contributed by atoms with E-state index in [2.05, 4.69) is 5.32 Å². The van der Waals surface area contributed by atoms with Crippen LogP contribution in [0.25, 0.3) is 6.08 Å². The third-order valence-corrected chi connectivity index (χ3v) is 4.87. The molecule has 2 aromatic rings. The van der Waals surface area contributed by atoms with Crippen LogP contribution in [0.4, 0.5) is 10.5 Å². The van der Waals surface area contributed by atoms with Crippen LogP contribution < -0.4 is 15.0 Å². The van der Waals surface area contributed by atoms with Crippen LogP contribution >= 0.6 is 23.2 Å². The van der Waals surface area contributed by atoms with E-state index in [9.17, 15) is 19.2 Å². The second-order valence-electron chi connectivity index (χ2n) is 6.19. The topological polar surface area (TPSA) is 113 Å². The number of para-hydroxylation sites is 1. The van der Waals surface area contributed by atoms with Crippen molar-refractivity contribution in [3.8, 4) is 5.75 Å². The first kappa shape index (κ1) is 21.4. The molecule has 0 spiro atoms. The Balaban J connectivity index is 2.01. The normalized spacial score (nSPS) is 16.4. The van der Waals surface area contributed by atoms with Gasteiger partial charge in [0.2, 0.25) is 0 Å². The maximum atomic E-state index is 13.0. The molecule has 1 fully saturated rings. The zero-order valence-corrected chi connectivity index (χ0v) is 16.9. The van der Waals surface area contributed by atoms with Gasteiger partial charge in [-0.15, -0.1) is 0 Å². The number of nitrogens with zero attached hydrogens (tertiary/aromatic N) is 1. The minimum atomic E-state index is -1.18. The number of carboxylic acids is 1. The Kier molecular flexibility index (Phi) is 6.09. The average Bonchev–Trinajstić information content (AvgIpc) is 2.68. The van der Waals surface area contributed by atoms with Gasteiger partial charge in [-0.1, -0.05) is 41.4 Å². The fourth-order valence-electron chi connectivity index (χ4n) is 2.62. The summed E-state index contributed by atoms with van der Waals surface area (Å²) in [6.07, 6.45) is 0.0631. The molecule has 0 bridgehead atoms. The second-order valence-corrected chi connectivity index (χ2v) is 7.01. The Bertz CT molecular complexity index is 1100. The molecular formula is C20H14Cl2N2O6. The number of nitrogens with one attached hydrogen (secondary N) is 1. The second kappa shape index (κ2) is 8.56. The smallest absolute Gasteiger partial charge is 0.344 e. The summed E-state index contributed by atoms with van der Waals surface area (Å²) in [5.74, 6) is -2.82. The van der Waals surface area contributed by atoms with Gasteiger partial charge >= 0.3 is 12.0 Å². The summed E-state index contributed by atoms with van der Waals surface area (Å²) in [4.78, 5) is 49.4. The van der Waals surface area contributed by atoms with Gasteiger partial charge in [0, 0.05) is 5.56 Å². The number of imide groups is 2. The average molecular weight is 449 g/mol. The number of ether oxygens (including phenoxy) is 1. The summed E-state index contributed by atoms with van der Waals surface area (Å²) in [6.45, 7) is 1.34. The molecule has 0 radical (unpaired) electrons. The van der Waals surface area contributed by atoms with Gasteiger partial charge in [-0.25, -0.2) is 14.5 Å². The van der Waals surface area contributed by atoms with Crippen LogP contribution in [0, 0.1) is 0 Å². The van der Waals surface area contributed by atoms with Crippen LogP contribution in [0.5, 0.6) is 5.75 Å². The van der Waals surface area contributed by atoms with E-state index in [1.807, 2.05) is 0 Å². The fourth-order valence-corrected chi connectivity index (χ4v) is 2.91. The lowest BCUT2D eigenvalue weighted by atomic mass is 10.1. The van der Waals surface area contributed by atoms with Crippen molar-refractivity contribution < 1.29 is 29.0 Å². The summed E-state index contributed by atoms with van der Waals surface area (Å²) in [6, 6.07) is 9.47. The number of hydrogen-bond acceptors (Lipinski definition) is 5. The highest BCUT2D eigenvalue weighted by molar-refractivity contribution is 6.43. The Hall–Kier alpha value is -3.36. The maximum absolute atomic E-state index is 13.0. The number of benzene rings is 2. The summed E-state index contributed by atoms with van der Waals surface area (Å²) in [5.41, 5.74) is 0.0570.